The average Bonchev–Trinajstić information content (AvgIpc) is 2.45. The Morgan fingerprint density at radius 3 is 2.68 bits per heavy atom. The molecule has 0 radical (unpaired) electrons. The molecule has 0 aliphatic rings. The van der Waals surface area contributed by atoms with Gasteiger partial charge in [0.2, 0.25) is 0 Å². The van der Waals surface area contributed by atoms with Crippen molar-refractivity contribution in [2.75, 3.05) is 0 Å². The van der Waals surface area contributed by atoms with Crippen LogP contribution in [0.4, 0.5) is 0 Å². The minimum atomic E-state index is 1.09. The minimum absolute atomic E-state index is 1.09. The van der Waals surface area contributed by atoms with Crippen molar-refractivity contribution in [1.82, 2.24) is 4.98 Å². The molecular formula is C18H21N. The number of allylic oxidation sites excluding steroid dienone is 2. The third-order valence-electron chi connectivity index (χ3n) is 3.36. The van der Waals surface area contributed by atoms with E-state index in [1.54, 1.807) is 0 Å². The normalized spacial score (nSPS) is 11.6. The van der Waals surface area contributed by atoms with Crippen LogP contribution in [0.1, 0.15) is 37.8 Å². The van der Waals surface area contributed by atoms with Gasteiger partial charge in [0.25, 0.3) is 0 Å². The number of pyridine rings is 1. The van der Waals surface area contributed by atoms with Crippen LogP contribution in [0.2, 0.25) is 0 Å². The molecule has 98 valence electrons. The van der Waals surface area contributed by atoms with Crippen molar-refractivity contribution in [1.29, 1.82) is 0 Å². The van der Waals surface area contributed by atoms with Crippen molar-refractivity contribution in [2.45, 2.75) is 33.6 Å². The van der Waals surface area contributed by atoms with Gasteiger partial charge in [0.05, 0.1) is 5.69 Å². The van der Waals surface area contributed by atoms with E-state index in [1.807, 2.05) is 12.3 Å². The van der Waals surface area contributed by atoms with Crippen LogP contribution in [0.25, 0.3) is 16.8 Å². The first-order valence-corrected chi connectivity index (χ1v) is 6.92. The maximum atomic E-state index is 4.54. The zero-order valence-corrected chi connectivity index (χ0v) is 12.0. The Hall–Kier alpha value is -1.89. The van der Waals surface area contributed by atoms with E-state index in [0.717, 1.165) is 12.1 Å². The van der Waals surface area contributed by atoms with Crippen molar-refractivity contribution in [3.05, 3.63) is 59.8 Å². The maximum absolute atomic E-state index is 4.54. The Morgan fingerprint density at radius 2 is 1.95 bits per heavy atom. The highest BCUT2D eigenvalue weighted by Crippen LogP contribution is 2.29. The number of rotatable bonds is 4. The van der Waals surface area contributed by atoms with E-state index < -0.39 is 0 Å². The largest absolute Gasteiger partial charge is 0.256 e. The van der Waals surface area contributed by atoms with E-state index in [4.69, 9.17) is 0 Å². The number of hydrogen-bond acceptors (Lipinski definition) is 1. The molecule has 1 nitrogen and oxygen atoms in total. The van der Waals surface area contributed by atoms with E-state index in [-0.39, 0.29) is 0 Å². The predicted octanol–water partition coefficient (Wildman–Crippen LogP) is 5.26. The summed E-state index contributed by atoms with van der Waals surface area (Å²) < 4.78 is 0. The van der Waals surface area contributed by atoms with Gasteiger partial charge in [0, 0.05) is 11.8 Å². The summed E-state index contributed by atoms with van der Waals surface area (Å²) in [4.78, 5) is 4.54. The summed E-state index contributed by atoms with van der Waals surface area (Å²) in [6.45, 7) is 6.51. The Kier molecular flexibility index (Phi) is 4.51. The Balaban J connectivity index is 2.51. The molecule has 2 rings (SSSR count). The standard InChI is InChI=1S/C18H21N/c1-4-5-9-14(2)16-11-6-7-12-17(16)18-15(3)10-8-13-19-18/h6-13H,4-5H2,1-3H3/b14-9+. The van der Waals surface area contributed by atoms with Gasteiger partial charge in [-0.25, -0.2) is 0 Å². The lowest BCUT2D eigenvalue weighted by molar-refractivity contribution is 0.959. The highest BCUT2D eigenvalue weighted by molar-refractivity contribution is 5.80. The maximum Gasteiger partial charge on any atom is 0.0737 e. The van der Waals surface area contributed by atoms with Crippen molar-refractivity contribution in [2.24, 2.45) is 0 Å². The summed E-state index contributed by atoms with van der Waals surface area (Å²) in [6, 6.07) is 12.6. The summed E-state index contributed by atoms with van der Waals surface area (Å²) in [6.07, 6.45) is 6.49. The molecule has 0 saturated carbocycles. The molecular weight excluding hydrogens is 230 g/mol. The highest BCUT2D eigenvalue weighted by Gasteiger charge is 2.08. The Bertz CT molecular complexity index is 582. The lowest BCUT2D eigenvalue weighted by Gasteiger charge is -2.11. The van der Waals surface area contributed by atoms with E-state index in [2.05, 4.69) is 62.2 Å². The van der Waals surface area contributed by atoms with Crippen LogP contribution in [0.15, 0.2) is 48.7 Å². The van der Waals surface area contributed by atoms with Crippen LogP contribution >= 0.6 is 0 Å². The van der Waals surface area contributed by atoms with E-state index >= 15 is 0 Å². The monoisotopic (exact) mass is 251 g/mol. The number of aromatic nitrogens is 1. The average molecular weight is 251 g/mol. The molecule has 1 heteroatoms. The topological polar surface area (TPSA) is 12.9 Å². The van der Waals surface area contributed by atoms with Gasteiger partial charge in [-0.15, -0.1) is 0 Å². The third-order valence-corrected chi connectivity index (χ3v) is 3.36. The van der Waals surface area contributed by atoms with Crippen LogP contribution < -0.4 is 0 Å². The zero-order valence-electron chi connectivity index (χ0n) is 12.0. The molecule has 0 unspecified atom stereocenters. The fraction of sp³-hybridized carbons (Fsp3) is 0.278. The smallest absolute Gasteiger partial charge is 0.0737 e. The molecule has 0 fully saturated rings. The second kappa shape index (κ2) is 6.33. The number of unbranched alkanes of at least 4 members (excludes halogenated alkanes) is 1. The first-order valence-electron chi connectivity index (χ1n) is 6.92. The van der Waals surface area contributed by atoms with Gasteiger partial charge in [0.15, 0.2) is 0 Å². The second-order valence-corrected chi connectivity index (χ2v) is 4.89. The summed E-state index contributed by atoms with van der Waals surface area (Å²) in [7, 11) is 0. The molecule has 0 spiro atoms. The second-order valence-electron chi connectivity index (χ2n) is 4.89. The van der Waals surface area contributed by atoms with Crippen molar-refractivity contribution >= 4 is 5.57 Å². The summed E-state index contributed by atoms with van der Waals surface area (Å²) in [5, 5.41) is 0. The molecule has 1 aromatic heterocycles. The molecule has 0 aliphatic carbocycles. The van der Waals surface area contributed by atoms with Gasteiger partial charge < -0.3 is 0 Å². The van der Waals surface area contributed by atoms with E-state index in [0.29, 0.717) is 0 Å². The van der Waals surface area contributed by atoms with Gasteiger partial charge in [-0.3, -0.25) is 4.98 Å². The fourth-order valence-corrected chi connectivity index (χ4v) is 2.27. The lowest BCUT2D eigenvalue weighted by atomic mass is 9.95. The zero-order chi connectivity index (χ0) is 13.7. The van der Waals surface area contributed by atoms with Gasteiger partial charge in [-0.05, 0) is 43.0 Å². The SMILES string of the molecule is CCC/C=C(\C)c1ccccc1-c1ncccc1C. The van der Waals surface area contributed by atoms with Gasteiger partial charge in [-0.2, -0.15) is 0 Å². The fourth-order valence-electron chi connectivity index (χ4n) is 2.27. The number of aryl methyl sites for hydroxylation is 1. The number of nitrogens with zero attached hydrogens (tertiary/aromatic N) is 1. The molecule has 1 heterocycles. The number of benzene rings is 1. The summed E-state index contributed by atoms with van der Waals surface area (Å²) in [5.41, 5.74) is 6.16. The van der Waals surface area contributed by atoms with Crippen molar-refractivity contribution < 1.29 is 0 Å². The molecule has 0 aliphatic heterocycles. The van der Waals surface area contributed by atoms with E-state index in [1.165, 1.54) is 28.7 Å². The van der Waals surface area contributed by atoms with Gasteiger partial charge in [0.1, 0.15) is 0 Å². The molecule has 1 aromatic carbocycles. The number of hydrogen-bond donors (Lipinski definition) is 0. The van der Waals surface area contributed by atoms with Crippen LogP contribution in [0.3, 0.4) is 0 Å². The highest BCUT2D eigenvalue weighted by atomic mass is 14.7. The third kappa shape index (κ3) is 3.11. The predicted molar refractivity (Wildman–Crippen MR) is 83.0 cm³/mol. The summed E-state index contributed by atoms with van der Waals surface area (Å²) >= 11 is 0. The van der Waals surface area contributed by atoms with E-state index in [9.17, 15) is 0 Å². The Morgan fingerprint density at radius 1 is 1.16 bits per heavy atom. The molecule has 2 aromatic rings. The van der Waals surface area contributed by atoms with Crippen molar-refractivity contribution in [3.63, 3.8) is 0 Å². The van der Waals surface area contributed by atoms with Gasteiger partial charge >= 0.3 is 0 Å². The van der Waals surface area contributed by atoms with Crippen LogP contribution in [-0.2, 0) is 0 Å². The molecule has 0 amide bonds. The first kappa shape index (κ1) is 13.5. The van der Waals surface area contributed by atoms with Crippen LogP contribution in [0.5, 0.6) is 0 Å². The van der Waals surface area contributed by atoms with Crippen LogP contribution in [0, 0.1) is 6.92 Å². The summed E-state index contributed by atoms with van der Waals surface area (Å²) in [5.74, 6) is 0. The van der Waals surface area contributed by atoms with Crippen molar-refractivity contribution in [3.8, 4) is 11.3 Å². The van der Waals surface area contributed by atoms with Gasteiger partial charge in [-0.1, -0.05) is 49.8 Å². The lowest BCUT2D eigenvalue weighted by Crippen LogP contribution is -1.92. The minimum Gasteiger partial charge on any atom is -0.256 e. The van der Waals surface area contributed by atoms with Crippen LogP contribution in [-0.4, -0.2) is 4.98 Å². The molecule has 0 N–H and O–H groups in total. The first-order chi connectivity index (χ1) is 9.24. The Labute approximate surface area is 116 Å². The molecule has 19 heavy (non-hydrogen) atoms. The molecule has 0 atom stereocenters. The molecule has 0 bridgehead atoms. The molecule has 0 saturated heterocycles. The quantitative estimate of drug-likeness (QED) is 0.722.